The summed E-state index contributed by atoms with van der Waals surface area (Å²) in [7, 11) is 0. The van der Waals surface area contributed by atoms with E-state index in [-0.39, 0.29) is 23.9 Å². The molecule has 0 bridgehead atoms. The highest BCUT2D eigenvalue weighted by atomic mass is 16.4. The largest absolute Gasteiger partial charge is 0.420 e. The van der Waals surface area contributed by atoms with Crippen molar-refractivity contribution in [3.8, 4) is 6.07 Å². The standard InChI is InChI=1S/C23H25N5O3/c1-14(2)28-19-9-8-18(11-20(19)31-23(28)30)27-22(29)16-4-6-17(7-5-16)26-21-10-3-15(12-24)13-25-21/h3,8-11,13-14,16-17H,4-7H2,1-2H3,(H,25,26)(H,27,29). The van der Waals surface area contributed by atoms with Gasteiger partial charge >= 0.3 is 5.76 Å². The normalized spacial score (nSPS) is 18.6. The lowest BCUT2D eigenvalue weighted by molar-refractivity contribution is -0.120. The first-order valence-corrected chi connectivity index (χ1v) is 10.5. The Morgan fingerprint density at radius 3 is 2.65 bits per heavy atom. The van der Waals surface area contributed by atoms with Crippen molar-refractivity contribution < 1.29 is 9.21 Å². The van der Waals surface area contributed by atoms with Gasteiger partial charge in [-0.1, -0.05) is 0 Å². The van der Waals surface area contributed by atoms with Crippen LogP contribution < -0.4 is 16.4 Å². The highest BCUT2D eigenvalue weighted by Crippen LogP contribution is 2.28. The number of fused-ring (bicyclic) bond motifs is 1. The lowest BCUT2D eigenvalue weighted by Crippen LogP contribution is -2.32. The maximum Gasteiger partial charge on any atom is 0.420 e. The molecule has 8 nitrogen and oxygen atoms in total. The van der Waals surface area contributed by atoms with Gasteiger partial charge < -0.3 is 15.1 Å². The Hall–Kier alpha value is -3.60. The molecule has 1 amide bonds. The second-order valence-electron chi connectivity index (χ2n) is 8.24. The van der Waals surface area contributed by atoms with E-state index in [1.807, 2.05) is 13.8 Å². The number of aromatic nitrogens is 2. The third-order valence-corrected chi connectivity index (χ3v) is 5.74. The van der Waals surface area contributed by atoms with Gasteiger partial charge in [-0.2, -0.15) is 5.26 Å². The summed E-state index contributed by atoms with van der Waals surface area (Å²) in [5, 5.41) is 15.2. The summed E-state index contributed by atoms with van der Waals surface area (Å²) in [5.41, 5.74) is 2.36. The highest BCUT2D eigenvalue weighted by molar-refractivity contribution is 5.94. The van der Waals surface area contributed by atoms with Gasteiger partial charge in [-0.3, -0.25) is 9.36 Å². The Kier molecular flexibility index (Phi) is 5.76. The number of anilines is 2. The van der Waals surface area contributed by atoms with E-state index in [4.69, 9.17) is 9.68 Å². The summed E-state index contributed by atoms with van der Waals surface area (Å²) in [6, 6.07) is 11.2. The van der Waals surface area contributed by atoms with Crippen molar-refractivity contribution in [2.45, 2.75) is 51.6 Å². The molecule has 1 saturated carbocycles. The molecule has 0 spiro atoms. The fraction of sp³-hybridized carbons (Fsp3) is 0.391. The zero-order valence-electron chi connectivity index (χ0n) is 17.6. The van der Waals surface area contributed by atoms with Crippen molar-refractivity contribution in [3.63, 3.8) is 0 Å². The van der Waals surface area contributed by atoms with Crippen molar-refractivity contribution >= 4 is 28.5 Å². The minimum atomic E-state index is -0.393. The van der Waals surface area contributed by atoms with Crippen molar-refractivity contribution in [2.24, 2.45) is 5.92 Å². The molecule has 0 saturated heterocycles. The number of carbonyl (C=O) groups is 1. The molecule has 0 aliphatic heterocycles. The molecular formula is C23H25N5O3. The summed E-state index contributed by atoms with van der Waals surface area (Å²) < 4.78 is 6.93. The van der Waals surface area contributed by atoms with Crippen LogP contribution >= 0.6 is 0 Å². The van der Waals surface area contributed by atoms with Crippen molar-refractivity contribution in [3.05, 3.63) is 52.6 Å². The second kappa shape index (κ2) is 8.64. The summed E-state index contributed by atoms with van der Waals surface area (Å²) in [5.74, 6) is 0.279. The van der Waals surface area contributed by atoms with Crippen molar-refractivity contribution in [2.75, 3.05) is 10.6 Å². The predicted molar refractivity (Wildman–Crippen MR) is 118 cm³/mol. The van der Waals surface area contributed by atoms with Crippen LogP contribution in [0.1, 0.15) is 51.1 Å². The van der Waals surface area contributed by atoms with Crippen LogP contribution in [-0.4, -0.2) is 21.5 Å². The second-order valence-corrected chi connectivity index (χ2v) is 8.24. The molecule has 1 aliphatic rings. The van der Waals surface area contributed by atoms with Crippen molar-refractivity contribution in [1.82, 2.24) is 9.55 Å². The number of rotatable bonds is 5. The molecule has 8 heteroatoms. The van der Waals surface area contributed by atoms with Crippen LogP contribution in [0.4, 0.5) is 11.5 Å². The monoisotopic (exact) mass is 419 g/mol. The van der Waals surface area contributed by atoms with E-state index >= 15 is 0 Å². The number of nitrogens with zero attached hydrogens (tertiary/aromatic N) is 3. The smallest absolute Gasteiger partial charge is 0.408 e. The molecule has 1 aromatic carbocycles. The minimum Gasteiger partial charge on any atom is -0.408 e. The number of pyridine rings is 1. The van der Waals surface area contributed by atoms with Crippen LogP contribution in [0.3, 0.4) is 0 Å². The third-order valence-electron chi connectivity index (χ3n) is 5.74. The first-order chi connectivity index (χ1) is 14.9. The molecule has 1 fully saturated rings. The van der Waals surface area contributed by atoms with E-state index in [2.05, 4.69) is 21.7 Å². The Bertz CT molecular complexity index is 1180. The number of nitrogens with one attached hydrogen (secondary N) is 2. The lowest BCUT2D eigenvalue weighted by Gasteiger charge is -2.28. The highest BCUT2D eigenvalue weighted by Gasteiger charge is 2.26. The Morgan fingerprint density at radius 1 is 1.23 bits per heavy atom. The van der Waals surface area contributed by atoms with Crippen molar-refractivity contribution in [1.29, 1.82) is 5.26 Å². The molecule has 0 atom stereocenters. The lowest BCUT2D eigenvalue weighted by atomic mass is 9.85. The van der Waals surface area contributed by atoms with Crippen LogP contribution in [0.25, 0.3) is 11.1 Å². The molecular weight excluding hydrogens is 394 g/mol. The van der Waals surface area contributed by atoms with Gasteiger partial charge in [0.15, 0.2) is 5.58 Å². The quantitative estimate of drug-likeness (QED) is 0.645. The first-order valence-electron chi connectivity index (χ1n) is 10.5. The molecule has 2 N–H and O–H groups in total. The number of hydrogen-bond acceptors (Lipinski definition) is 6. The van der Waals surface area contributed by atoms with E-state index in [1.54, 1.807) is 41.1 Å². The van der Waals surface area contributed by atoms with E-state index in [0.717, 1.165) is 37.0 Å². The third kappa shape index (κ3) is 4.45. The number of hydrogen-bond donors (Lipinski definition) is 2. The van der Waals surface area contributed by atoms with Crippen LogP contribution in [-0.2, 0) is 4.79 Å². The fourth-order valence-electron chi connectivity index (χ4n) is 4.10. The molecule has 160 valence electrons. The fourth-order valence-corrected chi connectivity index (χ4v) is 4.10. The number of nitriles is 1. The summed E-state index contributed by atoms with van der Waals surface area (Å²) in [6.07, 6.45) is 4.84. The molecule has 1 aliphatic carbocycles. The molecule has 31 heavy (non-hydrogen) atoms. The Balaban J connectivity index is 1.34. The summed E-state index contributed by atoms with van der Waals surface area (Å²) in [6.45, 7) is 3.85. The van der Waals surface area contributed by atoms with E-state index in [1.165, 1.54) is 0 Å². The average molecular weight is 419 g/mol. The van der Waals surface area contributed by atoms with Crippen LogP contribution in [0.2, 0.25) is 0 Å². The molecule has 4 rings (SSSR count). The number of carbonyl (C=O) groups excluding carboxylic acids is 1. The number of oxazole rings is 1. The topological polar surface area (TPSA) is 113 Å². The van der Waals surface area contributed by atoms with Gasteiger partial charge in [0.1, 0.15) is 11.9 Å². The molecule has 2 heterocycles. The molecule has 3 aromatic rings. The van der Waals surface area contributed by atoms with Gasteiger partial charge in [-0.15, -0.1) is 0 Å². The van der Waals surface area contributed by atoms with Gasteiger partial charge in [0, 0.05) is 36.0 Å². The van der Waals surface area contributed by atoms with Crippen LogP contribution in [0.5, 0.6) is 0 Å². The molecule has 0 unspecified atom stereocenters. The zero-order valence-corrected chi connectivity index (χ0v) is 17.6. The number of benzene rings is 1. The maximum atomic E-state index is 12.7. The Morgan fingerprint density at radius 2 is 2.00 bits per heavy atom. The van der Waals surface area contributed by atoms with Crippen LogP contribution in [0, 0.1) is 17.2 Å². The van der Waals surface area contributed by atoms with E-state index < -0.39 is 5.76 Å². The van der Waals surface area contributed by atoms with Crippen LogP contribution in [0.15, 0.2) is 45.7 Å². The summed E-state index contributed by atoms with van der Waals surface area (Å²) >= 11 is 0. The number of amides is 1. The first kappa shape index (κ1) is 20.7. The van der Waals surface area contributed by atoms with E-state index in [0.29, 0.717) is 16.8 Å². The van der Waals surface area contributed by atoms with E-state index in [9.17, 15) is 9.59 Å². The van der Waals surface area contributed by atoms with Gasteiger partial charge in [0.2, 0.25) is 5.91 Å². The SMILES string of the molecule is CC(C)n1c(=O)oc2cc(NC(=O)C3CCC(Nc4ccc(C#N)cn4)CC3)ccc21. The van der Waals surface area contributed by atoms with Gasteiger partial charge in [0.25, 0.3) is 0 Å². The minimum absolute atomic E-state index is 0.00235. The molecule has 2 aromatic heterocycles. The van der Waals surface area contributed by atoms with Gasteiger partial charge in [0.05, 0.1) is 11.1 Å². The predicted octanol–water partition coefficient (Wildman–Crippen LogP) is 4.05. The maximum absolute atomic E-state index is 12.7. The average Bonchev–Trinajstić information content (AvgIpc) is 3.10. The Labute approximate surface area is 179 Å². The van der Waals surface area contributed by atoms with Gasteiger partial charge in [-0.25, -0.2) is 9.78 Å². The summed E-state index contributed by atoms with van der Waals surface area (Å²) in [4.78, 5) is 29.0. The molecule has 0 radical (unpaired) electrons. The van der Waals surface area contributed by atoms with Gasteiger partial charge in [-0.05, 0) is 63.8 Å². The zero-order chi connectivity index (χ0) is 22.0.